The topological polar surface area (TPSA) is 12.9 Å². The number of rotatable bonds is 0. The largest absolute Gasteiger partial charge is 0.248 e. The van der Waals surface area contributed by atoms with E-state index < -0.39 is 8.07 Å². The number of hydrogen-bond donors (Lipinski definition) is 0. The van der Waals surface area contributed by atoms with Gasteiger partial charge in [-0.15, -0.1) is 0 Å². The zero-order chi connectivity index (χ0) is 16.8. The first-order valence-electron chi connectivity index (χ1n) is 8.85. The third-order valence-electron chi connectivity index (χ3n) is 5.98. The van der Waals surface area contributed by atoms with Gasteiger partial charge in [-0.2, -0.15) is 0 Å². The van der Waals surface area contributed by atoms with E-state index >= 15 is 0 Å². The average molecular weight is 335 g/mol. The smallest absolute Gasteiger partial charge is 0.116 e. The molecule has 0 unspecified atom stereocenters. The maximum atomic E-state index is 5.17. The molecule has 2 heterocycles. The van der Waals surface area contributed by atoms with Crippen molar-refractivity contribution in [2.45, 2.75) is 13.1 Å². The molecule has 2 aliphatic rings. The molecule has 118 valence electrons. The van der Waals surface area contributed by atoms with Crippen LogP contribution in [0.5, 0.6) is 0 Å². The summed E-state index contributed by atoms with van der Waals surface area (Å²) in [6, 6.07) is 24.3. The fourth-order valence-electron chi connectivity index (χ4n) is 4.92. The SMILES string of the molecule is C[Si]1(C)c2ccccc2-c2nc3cccc4c3c(c21)-c1ccccc1-4. The highest BCUT2D eigenvalue weighted by atomic mass is 28.3. The van der Waals surface area contributed by atoms with Crippen molar-refractivity contribution in [3.05, 3.63) is 66.7 Å². The number of pyridine rings is 1. The second kappa shape index (κ2) is 4.27. The van der Waals surface area contributed by atoms with Gasteiger partial charge in [0.25, 0.3) is 0 Å². The molecule has 4 aromatic rings. The molecule has 6 rings (SSSR count). The molecule has 0 atom stereocenters. The van der Waals surface area contributed by atoms with Crippen molar-refractivity contribution in [2.75, 3.05) is 0 Å². The number of hydrogen-bond acceptors (Lipinski definition) is 1. The molecule has 1 nitrogen and oxygen atoms in total. The van der Waals surface area contributed by atoms with Gasteiger partial charge in [0.1, 0.15) is 8.07 Å². The summed E-state index contributed by atoms with van der Waals surface area (Å²) in [5.41, 5.74) is 9.26. The van der Waals surface area contributed by atoms with E-state index in [-0.39, 0.29) is 0 Å². The van der Waals surface area contributed by atoms with Crippen LogP contribution >= 0.6 is 0 Å². The molecule has 0 spiro atoms. The molecular weight excluding hydrogens is 318 g/mol. The summed E-state index contributed by atoms with van der Waals surface area (Å²) in [6.45, 7) is 4.95. The summed E-state index contributed by atoms with van der Waals surface area (Å²) in [5, 5.41) is 4.41. The van der Waals surface area contributed by atoms with Gasteiger partial charge in [0.2, 0.25) is 0 Å². The Hall–Kier alpha value is -2.71. The third kappa shape index (κ3) is 1.47. The lowest BCUT2D eigenvalue weighted by Crippen LogP contribution is -2.50. The summed E-state index contributed by atoms with van der Waals surface area (Å²) >= 11 is 0. The molecule has 0 amide bonds. The van der Waals surface area contributed by atoms with Crippen LogP contribution in [-0.2, 0) is 0 Å². The fourth-order valence-corrected chi connectivity index (χ4v) is 8.24. The van der Waals surface area contributed by atoms with Gasteiger partial charge >= 0.3 is 0 Å². The minimum atomic E-state index is -1.76. The van der Waals surface area contributed by atoms with Crippen LogP contribution in [0, 0.1) is 0 Å². The standard InChI is InChI=1S/C23H17NSi/c1-25(2)19-13-6-5-10-17(19)22-23(25)21-16-9-4-3-8-14(16)15-11-7-12-18(24-22)20(15)21/h3-13H,1-2H3. The van der Waals surface area contributed by atoms with E-state index in [4.69, 9.17) is 4.98 Å². The van der Waals surface area contributed by atoms with Crippen molar-refractivity contribution in [2.24, 2.45) is 0 Å². The normalized spacial score (nSPS) is 15.1. The van der Waals surface area contributed by atoms with Crippen LogP contribution in [0.25, 0.3) is 44.4 Å². The van der Waals surface area contributed by atoms with Crippen molar-refractivity contribution in [1.29, 1.82) is 0 Å². The molecule has 1 aliphatic heterocycles. The van der Waals surface area contributed by atoms with Gasteiger partial charge in [0.05, 0.1) is 11.2 Å². The monoisotopic (exact) mass is 335 g/mol. The van der Waals surface area contributed by atoms with E-state index in [2.05, 4.69) is 79.8 Å². The Labute approximate surface area is 148 Å². The Morgan fingerprint density at radius 1 is 0.680 bits per heavy atom. The van der Waals surface area contributed by atoms with Crippen molar-refractivity contribution in [1.82, 2.24) is 4.98 Å². The third-order valence-corrected chi connectivity index (χ3v) is 9.50. The molecule has 0 saturated carbocycles. The maximum absolute atomic E-state index is 5.17. The van der Waals surface area contributed by atoms with Crippen LogP contribution in [0.1, 0.15) is 0 Å². The summed E-state index contributed by atoms with van der Waals surface area (Å²) in [6.07, 6.45) is 0. The molecule has 1 aliphatic carbocycles. The van der Waals surface area contributed by atoms with Crippen molar-refractivity contribution < 1.29 is 0 Å². The van der Waals surface area contributed by atoms with Crippen LogP contribution < -0.4 is 10.4 Å². The number of benzene rings is 3. The van der Waals surface area contributed by atoms with Crippen molar-refractivity contribution in [3.63, 3.8) is 0 Å². The first-order chi connectivity index (χ1) is 12.2. The van der Waals surface area contributed by atoms with Crippen LogP contribution in [0.4, 0.5) is 0 Å². The van der Waals surface area contributed by atoms with Gasteiger partial charge in [-0.1, -0.05) is 73.8 Å². The van der Waals surface area contributed by atoms with Gasteiger partial charge in [-0.3, -0.25) is 0 Å². The number of fused-ring (bicyclic) bond motifs is 7. The molecule has 2 heteroatoms. The van der Waals surface area contributed by atoms with E-state index in [1.807, 2.05) is 0 Å². The van der Waals surface area contributed by atoms with Gasteiger partial charge in [0.15, 0.2) is 0 Å². The molecule has 1 aromatic heterocycles. The highest BCUT2D eigenvalue weighted by Crippen LogP contribution is 2.48. The summed E-state index contributed by atoms with van der Waals surface area (Å²) in [4.78, 5) is 5.17. The van der Waals surface area contributed by atoms with Gasteiger partial charge in [-0.05, 0) is 44.3 Å². The van der Waals surface area contributed by atoms with E-state index in [1.54, 1.807) is 0 Å². The molecule has 0 N–H and O–H groups in total. The Kier molecular flexibility index (Phi) is 2.32. The lowest BCUT2D eigenvalue weighted by Gasteiger charge is -2.21. The quantitative estimate of drug-likeness (QED) is 0.374. The number of nitrogens with zero attached hydrogens (tertiary/aromatic N) is 1. The molecule has 0 radical (unpaired) electrons. The van der Waals surface area contributed by atoms with Gasteiger partial charge < -0.3 is 0 Å². The molecule has 0 bridgehead atoms. The Bertz CT molecular complexity index is 1220. The molecule has 0 saturated heterocycles. The predicted octanol–water partition coefficient (Wildman–Crippen LogP) is 4.69. The van der Waals surface area contributed by atoms with Crippen LogP contribution in [0.3, 0.4) is 0 Å². The van der Waals surface area contributed by atoms with E-state index in [0.29, 0.717) is 0 Å². The molecule has 0 fully saturated rings. The van der Waals surface area contributed by atoms with Crippen molar-refractivity contribution in [3.8, 4) is 33.5 Å². The van der Waals surface area contributed by atoms with E-state index in [9.17, 15) is 0 Å². The van der Waals surface area contributed by atoms with Crippen molar-refractivity contribution >= 4 is 29.4 Å². The highest BCUT2D eigenvalue weighted by Gasteiger charge is 2.42. The summed E-state index contributed by atoms with van der Waals surface area (Å²) in [7, 11) is -1.76. The second-order valence-electron chi connectivity index (χ2n) is 7.63. The zero-order valence-electron chi connectivity index (χ0n) is 14.3. The highest BCUT2D eigenvalue weighted by molar-refractivity contribution is 7.04. The van der Waals surface area contributed by atoms with Gasteiger partial charge in [0, 0.05) is 5.39 Å². The first kappa shape index (κ1) is 13.6. The molecule has 3 aromatic carbocycles. The van der Waals surface area contributed by atoms with Crippen LogP contribution in [0.15, 0.2) is 66.7 Å². The zero-order valence-corrected chi connectivity index (χ0v) is 15.3. The lowest BCUT2D eigenvalue weighted by molar-refractivity contribution is 1.44. The Balaban J connectivity index is 1.89. The Morgan fingerprint density at radius 2 is 1.36 bits per heavy atom. The van der Waals surface area contributed by atoms with Crippen LogP contribution in [0.2, 0.25) is 13.1 Å². The van der Waals surface area contributed by atoms with Gasteiger partial charge in [-0.25, -0.2) is 4.98 Å². The molecular formula is C23H17NSi. The predicted molar refractivity (Wildman–Crippen MR) is 108 cm³/mol. The fraction of sp³-hybridized carbons (Fsp3) is 0.0870. The minimum absolute atomic E-state index is 1.13. The maximum Gasteiger partial charge on any atom is 0.116 e. The van der Waals surface area contributed by atoms with Crippen LogP contribution in [-0.4, -0.2) is 13.1 Å². The minimum Gasteiger partial charge on any atom is -0.248 e. The van der Waals surface area contributed by atoms with E-state index in [1.165, 1.54) is 49.3 Å². The summed E-state index contributed by atoms with van der Waals surface area (Å²) < 4.78 is 0. The Morgan fingerprint density at radius 3 is 2.20 bits per heavy atom. The number of aromatic nitrogens is 1. The average Bonchev–Trinajstić information content (AvgIpc) is 3.08. The lowest BCUT2D eigenvalue weighted by atomic mass is 10.0. The first-order valence-corrected chi connectivity index (χ1v) is 11.8. The second-order valence-corrected chi connectivity index (χ2v) is 11.9. The molecule has 25 heavy (non-hydrogen) atoms. The summed E-state index contributed by atoms with van der Waals surface area (Å²) in [5.74, 6) is 0. The van der Waals surface area contributed by atoms with E-state index in [0.717, 1.165) is 5.52 Å².